The first-order valence-corrected chi connectivity index (χ1v) is 6.97. The van der Waals surface area contributed by atoms with Crippen LogP contribution in [0.3, 0.4) is 0 Å². The van der Waals surface area contributed by atoms with Gasteiger partial charge in [0.05, 0.1) is 6.42 Å². The minimum Gasteiger partial charge on any atom is -0.455 e. The van der Waals surface area contributed by atoms with Crippen LogP contribution in [0.25, 0.3) is 0 Å². The SMILES string of the molecule is O=C(COC(=O)Cc1ccccc1Cl)Nc1cc(F)cc(F)c1. The first-order chi connectivity index (χ1) is 10.9. The van der Waals surface area contributed by atoms with Crippen molar-refractivity contribution in [1.29, 1.82) is 0 Å². The molecule has 0 aliphatic heterocycles. The van der Waals surface area contributed by atoms with Crippen molar-refractivity contribution in [3.8, 4) is 0 Å². The topological polar surface area (TPSA) is 55.4 Å². The summed E-state index contributed by atoms with van der Waals surface area (Å²) >= 11 is 5.91. The third-order valence-corrected chi connectivity index (χ3v) is 3.17. The molecule has 0 aromatic heterocycles. The fourth-order valence-corrected chi connectivity index (χ4v) is 2.02. The Hall–Kier alpha value is -2.47. The standard InChI is InChI=1S/C16H12ClF2NO3/c17-14-4-2-1-3-10(14)5-16(22)23-9-15(21)20-13-7-11(18)6-12(19)8-13/h1-4,6-8H,5,9H2,(H,20,21). The van der Waals surface area contributed by atoms with Crippen molar-refractivity contribution >= 4 is 29.2 Å². The Morgan fingerprint density at radius 2 is 1.74 bits per heavy atom. The van der Waals surface area contributed by atoms with Gasteiger partial charge in [0.15, 0.2) is 6.61 Å². The summed E-state index contributed by atoms with van der Waals surface area (Å²) in [6.07, 6.45) is -0.0818. The molecular weight excluding hydrogens is 328 g/mol. The van der Waals surface area contributed by atoms with Gasteiger partial charge in [-0.2, -0.15) is 0 Å². The molecule has 0 atom stereocenters. The molecule has 0 saturated heterocycles. The summed E-state index contributed by atoms with van der Waals surface area (Å²) in [5.41, 5.74) is 0.515. The van der Waals surface area contributed by atoms with Crippen molar-refractivity contribution in [3.63, 3.8) is 0 Å². The van der Waals surface area contributed by atoms with Crippen molar-refractivity contribution in [2.45, 2.75) is 6.42 Å². The van der Waals surface area contributed by atoms with E-state index in [1.165, 1.54) is 0 Å². The maximum Gasteiger partial charge on any atom is 0.310 e. The van der Waals surface area contributed by atoms with Gasteiger partial charge in [-0.3, -0.25) is 9.59 Å². The van der Waals surface area contributed by atoms with Gasteiger partial charge in [0, 0.05) is 16.8 Å². The molecule has 0 bridgehead atoms. The molecule has 0 aliphatic rings. The minimum absolute atomic E-state index is 0.0605. The second-order valence-corrected chi connectivity index (χ2v) is 5.04. The number of carbonyl (C=O) groups is 2. The van der Waals surface area contributed by atoms with Gasteiger partial charge in [0.2, 0.25) is 0 Å². The second-order valence-electron chi connectivity index (χ2n) is 4.64. The van der Waals surface area contributed by atoms with Gasteiger partial charge in [-0.15, -0.1) is 0 Å². The third-order valence-electron chi connectivity index (χ3n) is 2.80. The van der Waals surface area contributed by atoms with Crippen LogP contribution in [-0.4, -0.2) is 18.5 Å². The van der Waals surface area contributed by atoms with E-state index in [1.807, 2.05) is 0 Å². The van der Waals surface area contributed by atoms with E-state index in [-0.39, 0.29) is 12.1 Å². The van der Waals surface area contributed by atoms with E-state index in [4.69, 9.17) is 16.3 Å². The van der Waals surface area contributed by atoms with Crippen molar-refractivity contribution in [1.82, 2.24) is 0 Å². The quantitative estimate of drug-likeness (QED) is 0.850. The molecule has 2 rings (SSSR count). The highest BCUT2D eigenvalue weighted by Crippen LogP contribution is 2.16. The number of hydrogen-bond donors (Lipinski definition) is 1. The molecule has 1 amide bonds. The van der Waals surface area contributed by atoms with E-state index in [1.54, 1.807) is 24.3 Å². The summed E-state index contributed by atoms with van der Waals surface area (Å²) < 4.78 is 30.8. The zero-order valence-corrected chi connectivity index (χ0v) is 12.6. The summed E-state index contributed by atoms with van der Waals surface area (Å²) in [6, 6.07) is 9.33. The molecule has 0 fully saturated rings. The maximum atomic E-state index is 13.0. The Bertz CT molecular complexity index is 717. The number of anilines is 1. The molecule has 0 spiro atoms. The van der Waals surface area contributed by atoms with E-state index >= 15 is 0 Å². The summed E-state index contributed by atoms with van der Waals surface area (Å²) in [6.45, 7) is -0.568. The van der Waals surface area contributed by atoms with E-state index in [0.29, 0.717) is 16.7 Å². The average molecular weight is 340 g/mol. The molecule has 2 aromatic rings. The lowest BCUT2D eigenvalue weighted by molar-refractivity contribution is -0.146. The molecule has 0 unspecified atom stereocenters. The normalized spacial score (nSPS) is 10.2. The fourth-order valence-electron chi connectivity index (χ4n) is 1.82. The Kier molecular flexibility index (Phi) is 5.65. The number of benzene rings is 2. The number of rotatable bonds is 5. The number of amides is 1. The average Bonchev–Trinajstić information content (AvgIpc) is 2.46. The van der Waals surface area contributed by atoms with Gasteiger partial charge >= 0.3 is 5.97 Å². The van der Waals surface area contributed by atoms with Crippen LogP contribution < -0.4 is 5.32 Å². The number of hydrogen-bond acceptors (Lipinski definition) is 3. The molecule has 23 heavy (non-hydrogen) atoms. The Balaban J connectivity index is 1.84. The summed E-state index contributed by atoms with van der Waals surface area (Å²) in [7, 11) is 0. The number of carbonyl (C=O) groups excluding carboxylic acids is 2. The highest BCUT2D eigenvalue weighted by Gasteiger charge is 2.11. The first kappa shape index (κ1) is 16.9. The lowest BCUT2D eigenvalue weighted by Crippen LogP contribution is -2.21. The number of ether oxygens (including phenoxy) is 1. The molecular formula is C16H12ClF2NO3. The van der Waals surface area contributed by atoms with Crippen molar-refractivity contribution in [2.75, 3.05) is 11.9 Å². The fraction of sp³-hybridized carbons (Fsp3) is 0.125. The van der Waals surface area contributed by atoms with Crippen LogP contribution in [0.15, 0.2) is 42.5 Å². The molecule has 7 heteroatoms. The summed E-state index contributed by atoms with van der Waals surface area (Å²) in [5.74, 6) is -2.99. The molecule has 0 saturated carbocycles. The molecule has 0 radical (unpaired) electrons. The predicted molar refractivity (Wildman–Crippen MR) is 81.1 cm³/mol. The van der Waals surface area contributed by atoms with Crippen molar-refractivity contribution in [2.24, 2.45) is 0 Å². The van der Waals surface area contributed by atoms with Gasteiger partial charge < -0.3 is 10.1 Å². The van der Waals surface area contributed by atoms with Crippen LogP contribution in [0.5, 0.6) is 0 Å². The number of halogens is 3. The number of esters is 1. The largest absolute Gasteiger partial charge is 0.455 e. The molecule has 0 aliphatic carbocycles. The molecule has 0 heterocycles. The van der Waals surface area contributed by atoms with Crippen LogP contribution in [0.2, 0.25) is 5.02 Å². The molecule has 4 nitrogen and oxygen atoms in total. The van der Waals surface area contributed by atoms with Gasteiger partial charge in [-0.05, 0) is 23.8 Å². The highest BCUT2D eigenvalue weighted by molar-refractivity contribution is 6.31. The number of nitrogens with one attached hydrogen (secondary N) is 1. The van der Waals surface area contributed by atoms with E-state index in [0.717, 1.165) is 12.1 Å². The van der Waals surface area contributed by atoms with Crippen LogP contribution in [-0.2, 0) is 20.7 Å². The summed E-state index contributed by atoms with van der Waals surface area (Å²) in [4.78, 5) is 23.2. The Morgan fingerprint density at radius 1 is 1.09 bits per heavy atom. The van der Waals surface area contributed by atoms with E-state index in [2.05, 4.69) is 5.32 Å². The first-order valence-electron chi connectivity index (χ1n) is 6.59. The minimum atomic E-state index is -0.823. The van der Waals surface area contributed by atoms with Crippen LogP contribution in [0.1, 0.15) is 5.56 Å². The van der Waals surface area contributed by atoms with Gasteiger partial charge in [-0.1, -0.05) is 29.8 Å². The lowest BCUT2D eigenvalue weighted by Gasteiger charge is -2.07. The molecule has 2 aromatic carbocycles. The third kappa shape index (κ3) is 5.34. The van der Waals surface area contributed by atoms with E-state index in [9.17, 15) is 18.4 Å². The summed E-state index contributed by atoms with van der Waals surface area (Å²) in [5, 5.41) is 2.65. The van der Waals surface area contributed by atoms with E-state index < -0.39 is 30.1 Å². The zero-order chi connectivity index (χ0) is 16.8. The predicted octanol–water partition coefficient (Wildman–Crippen LogP) is 3.34. The van der Waals surface area contributed by atoms with Gasteiger partial charge in [-0.25, -0.2) is 8.78 Å². The van der Waals surface area contributed by atoms with Gasteiger partial charge in [0.25, 0.3) is 5.91 Å². The van der Waals surface area contributed by atoms with Crippen LogP contribution in [0.4, 0.5) is 14.5 Å². The maximum absolute atomic E-state index is 13.0. The molecule has 1 N–H and O–H groups in total. The second kappa shape index (κ2) is 7.69. The zero-order valence-electron chi connectivity index (χ0n) is 11.8. The van der Waals surface area contributed by atoms with Gasteiger partial charge in [0.1, 0.15) is 11.6 Å². The Morgan fingerprint density at radius 3 is 2.39 bits per heavy atom. The smallest absolute Gasteiger partial charge is 0.310 e. The van der Waals surface area contributed by atoms with Crippen molar-refractivity contribution in [3.05, 3.63) is 64.7 Å². The van der Waals surface area contributed by atoms with Crippen LogP contribution >= 0.6 is 11.6 Å². The van der Waals surface area contributed by atoms with Crippen LogP contribution in [0, 0.1) is 11.6 Å². The van der Waals surface area contributed by atoms with Crippen molar-refractivity contribution < 1.29 is 23.1 Å². The monoisotopic (exact) mass is 339 g/mol. The molecule has 120 valence electrons. The lowest BCUT2D eigenvalue weighted by atomic mass is 10.1. The Labute approximate surface area is 136 Å². The highest BCUT2D eigenvalue weighted by atomic mass is 35.5.